The second-order valence-corrected chi connectivity index (χ2v) is 12.8. The lowest BCUT2D eigenvalue weighted by atomic mass is 10.0. The largest absolute Gasteiger partial charge is 0.508 e. The SMILES string of the molecule is COc1cc(O)ccc1/C=C(/NC(=O)c1ccccc1)C(=O)Nc1cccc(SCC(=O)Nc2sc3c(c2C#N)CCN(C(C)=O)C3)c1. The number of methoxy groups -OCH3 is 1. The number of thioether (sulfide) groups is 1. The first kappa shape index (κ1) is 33.8. The molecule has 1 aliphatic heterocycles. The van der Waals surface area contributed by atoms with E-state index in [2.05, 4.69) is 22.0 Å². The fourth-order valence-electron chi connectivity index (χ4n) is 4.97. The van der Waals surface area contributed by atoms with Gasteiger partial charge < -0.3 is 30.7 Å². The number of rotatable bonds is 10. The summed E-state index contributed by atoms with van der Waals surface area (Å²) in [6, 6.07) is 22.0. The Hall–Kier alpha value is -5.58. The zero-order valence-electron chi connectivity index (χ0n) is 26.0. The number of aromatic hydroxyl groups is 1. The molecule has 2 heterocycles. The average Bonchev–Trinajstić information content (AvgIpc) is 3.44. The molecule has 0 saturated carbocycles. The maximum atomic E-state index is 13.5. The third-order valence-electron chi connectivity index (χ3n) is 7.37. The molecule has 1 aromatic heterocycles. The molecule has 0 radical (unpaired) electrons. The fraction of sp³-hybridized carbons (Fsp3) is 0.171. The second kappa shape index (κ2) is 15.3. The number of nitrogens with one attached hydrogen (secondary N) is 3. The van der Waals surface area contributed by atoms with Crippen molar-refractivity contribution in [3.05, 3.63) is 106 Å². The van der Waals surface area contributed by atoms with Crippen molar-refractivity contribution in [2.45, 2.75) is 24.8 Å². The lowest BCUT2D eigenvalue weighted by Crippen LogP contribution is -2.33. The molecule has 0 spiro atoms. The van der Waals surface area contributed by atoms with Crippen LogP contribution in [-0.2, 0) is 27.3 Å². The van der Waals surface area contributed by atoms with Crippen molar-refractivity contribution in [2.75, 3.05) is 30.0 Å². The van der Waals surface area contributed by atoms with Crippen LogP contribution >= 0.6 is 23.1 Å². The van der Waals surface area contributed by atoms with Crippen molar-refractivity contribution >= 4 is 63.5 Å². The lowest BCUT2D eigenvalue weighted by molar-refractivity contribution is -0.129. The molecule has 11 nitrogen and oxygen atoms in total. The Morgan fingerprint density at radius 2 is 1.85 bits per heavy atom. The summed E-state index contributed by atoms with van der Waals surface area (Å²) >= 11 is 2.56. The maximum Gasteiger partial charge on any atom is 0.272 e. The molecule has 0 fully saturated rings. The molecule has 244 valence electrons. The monoisotopic (exact) mass is 681 g/mol. The molecule has 0 atom stereocenters. The Kier molecular flexibility index (Phi) is 10.8. The summed E-state index contributed by atoms with van der Waals surface area (Å²) in [5.41, 5.74) is 2.48. The highest BCUT2D eigenvalue weighted by Crippen LogP contribution is 2.37. The van der Waals surface area contributed by atoms with Crippen molar-refractivity contribution in [2.24, 2.45) is 0 Å². The van der Waals surface area contributed by atoms with E-state index in [1.165, 1.54) is 55.3 Å². The zero-order valence-corrected chi connectivity index (χ0v) is 27.7. The van der Waals surface area contributed by atoms with Crippen LogP contribution in [0.3, 0.4) is 0 Å². The first-order valence-electron chi connectivity index (χ1n) is 14.7. The number of carbonyl (C=O) groups excluding carboxylic acids is 4. The number of amides is 4. The molecule has 4 N–H and O–H groups in total. The highest BCUT2D eigenvalue weighted by molar-refractivity contribution is 8.00. The summed E-state index contributed by atoms with van der Waals surface area (Å²) in [4.78, 5) is 54.6. The van der Waals surface area contributed by atoms with Crippen molar-refractivity contribution in [3.63, 3.8) is 0 Å². The zero-order chi connectivity index (χ0) is 34.2. The second-order valence-electron chi connectivity index (χ2n) is 10.6. The number of phenolic OH excluding ortho intramolecular Hbond substituents is 1. The smallest absolute Gasteiger partial charge is 0.272 e. The quantitative estimate of drug-likeness (QED) is 0.128. The Bertz CT molecular complexity index is 1950. The van der Waals surface area contributed by atoms with Crippen LogP contribution in [0.4, 0.5) is 10.7 Å². The normalized spacial score (nSPS) is 12.4. The number of anilines is 2. The molecule has 13 heteroatoms. The minimum absolute atomic E-state index is 0.0210. The van der Waals surface area contributed by atoms with Gasteiger partial charge in [-0.2, -0.15) is 5.26 Å². The molecule has 0 saturated heterocycles. The number of phenols is 1. The van der Waals surface area contributed by atoms with Crippen LogP contribution in [-0.4, -0.2) is 53.0 Å². The number of nitrogens with zero attached hydrogens (tertiary/aromatic N) is 2. The average molecular weight is 682 g/mol. The highest BCUT2D eigenvalue weighted by atomic mass is 32.2. The van der Waals surface area contributed by atoms with E-state index in [4.69, 9.17) is 4.74 Å². The Morgan fingerprint density at radius 3 is 2.58 bits per heavy atom. The third kappa shape index (κ3) is 8.22. The van der Waals surface area contributed by atoms with E-state index in [0.29, 0.717) is 57.5 Å². The molecular weight excluding hydrogens is 651 g/mol. The van der Waals surface area contributed by atoms with E-state index in [1.807, 2.05) is 0 Å². The van der Waals surface area contributed by atoms with Crippen molar-refractivity contribution in [3.8, 4) is 17.6 Å². The van der Waals surface area contributed by atoms with Crippen LogP contribution in [0.2, 0.25) is 0 Å². The number of thiophene rings is 1. The molecule has 4 aromatic rings. The van der Waals surface area contributed by atoms with Gasteiger partial charge in [0.05, 0.1) is 25.0 Å². The van der Waals surface area contributed by atoms with E-state index in [9.17, 15) is 29.5 Å². The van der Waals surface area contributed by atoms with E-state index in [1.54, 1.807) is 65.6 Å². The molecule has 4 amide bonds. The summed E-state index contributed by atoms with van der Waals surface area (Å²) in [5.74, 6) is -1.11. The summed E-state index contributed by atoms with van der Waals surface area (Å²) in [5, 5.41) is 28.4. The van der Waals surface area contributed by atoms with Crippen LogP contribution in [0, 0.1) is 11.3 Å². The molecule has 3 aromatic carbocycles. The summed E-state index contributed by atoms with van der Waals surface area (Å²) in [6.07, 6.45) is 2.01. The minimum Gasteiger partial charge on any atom is -0.508 e. The van der Waals surface area contributed by atoms with Gasteiger partial charge in [-0.1, -0.05) is 24.3 Å². The van der Waals surface area contributed by atoms with Gasteiger partial charge in [0.15, 0.2) is 0 Å². The topological polar surface area (TPSA) is 161 Å². The number of nitriles is 1. The molecule has 48 heavy (non-hydrogen) atoms. The number of benzene rings is 3. The van der Waals surface area contributed by atoms with Gasteiger partial charge in [0.2, 0.25) is 11.8 Å². The summed E-state index contributed by atoms with van der Waals surface area (Å²) < 4.78 is 5.35. The number of hydrogen-bond acceptors (Lipinski definition) is 9. The fourth-order valence-corrected chi connectivity index (χ4v) is 6.95. The molecule has 1 aliphatic rings. The van der Waals surface area contributed by atoms with Crippen LogP contribution in [0.15, 0.2) is 83.4 Å². The van der Waals surface area contributed by atoms with Gasteiger partial charge in [-0.3, -0.25) is 19.2 Å². The minimum atomic E-state index is -0.608. The van der Waals surface area contributed by atoms with Crippen LogP contribution in [0.1, 0.15) is 38.8 Å². The van der Waals surface area contributed by atoms with Crippen LogP contribution < -0.4 is 20.7 Å². The van der Waals surface area contributed by atoms with Gasteiger partial charge in [-0.25, -0.2) is 0 Å². The van der Waals surface area contributed by atoms with Gasteiger partial charge in [-0.15, -0.1) is 23.1 Å². The first-order chi connectivity index (χ1) is 23.1. The van der Waals surface area contributed by atoms with Gasteiger partial charge in [0.25, 0.3) is 11.8 Å². The van der Waals surface area contributed by atoms with Gasteiger partial charge in [-0.05, 0) is 60.5 Å². The number of hydrogen-bond donors (Lipinski definition) is 4. The molecule has 0 bridgehead atoms. The predicted molar refractivity (Wildman–Crippen MR) is 185 cm³/mol. The third-order valence-corrected chi connectivity index (χ3v) is 9.50. The van der Waals surface area contributed by atoms with Crippen LogP contribution in [0.5, 0.6) is 11.5 Å². The molecule has 5 rings (SSSR count). The Morgan fingerprint density at radius 1 is 1.06 bits per heavy atom. The first-order valence-corrected chi connectivity index (χ1v) is 16.5. The maximum absolute atomic E-state index is 13.5. The predicted octanol–water partition coefficient (Wildman–Crippen LogP) is 5.38. The highest BCUT2D eigenvalue weighted by Gasteiger charge is 2.26. The number of ether oxygens (including phenoxy) is 1. The lowest BCUT2D eigenvalue weighted by Gasteiger charge is -2.25. The van der Waals surface area contributed by atoms with E-state index in [-0.39, 0.29) is 29.0 Å². The van der Waals surface area contributed by atoms with E-state index < -0.39 is 11.8 Å². The van der Waals surface area contributed by atoms with Gasteiger partial charge in [0, 0.05) is 46.1 Å². The Balaban J connectivity index is 1.27. The van der Waals surface area contributed by atoms with E-state index >= 15 is 0 Å². The van der Waals surface area contributed by atoms with E-state index in [0.717, 1.165) is 10.4 Å². The van der Waals surface area contributed by atoms with Crippen molar-refractivity contribution < 1.29 is 29.0 Å². The summed E-state index contributed by atoms with van der Waals surface area (Å²) in [7, 11) is 1.43. The van der Waals surface area contributed by atoms with Crippen molar-refractivity contribution in [1.82, 2.24) is 10.2 Å². The van der Waals surface area contributed by atoms with Gasteiger partial charge >= 0.3 is 0 Å². The van der Waals surface area contributed by atoms with Gasteiger partial charge in [0.1, 0.15) is 28.3 Å². The van der Waals surface area contributed by atoms with Crippen LogP contribution in [0.25, 0.3) is 6.08 Å². The number of carbonyl (C=O) groups is 4. The molecule has 0 aliphatic carbocycles. The Labute approximate surface area is 285 Å². The number of fused-ring (bicyclic) bond motifs is 1. The summed E-state index contributed by atoms with van der Waals surface area (Å²) in [6.45, 7) is 2.47. The molecular formula is C35H31N5O6S2. The molecule has 0 unspecified atom stereocenters. The van der Waals surface area contributed by atoms with Crippen molar-refractivity contribution in [1.29, 1.82) is 5.26 Å². The standard InChI is InChI=1S/C35H31N5O6S2/c1-21(41)40-14-13-27-28(18-36)35(48-31(27)19-40)39-32(43)20-47-26-10-6-9-24(16-26)37-34(45)29(38-33(44)22-7-4-3-5-8-22)15-23-11-12-25(42)17-30(23)46-2/h3-12,15-17,42H,13-14,19-20H2,1-2H3,(H,37,45)(H,38,44)(H,39,43)/b29-15+.